The van der Waals surface area contributed by atoms with Gasteiger partial charge in [0.05, 0.1) is 0 Å². The molecule has 2 aromatic carbocycles. The molecule has 0 heterocycles. The van der Waals surface area contributed by atoms with Gasteiger partial charge in [-0.25, -0.2) is 0 Å². The zero-order chi connectivity index (χ0) is 14.8. The molecule has 0 radical (unpaired) electrons. The molecule has 2 rings (SSSR count). The molecule has 0 atom stereocenters. The van der Waals surface area contributed by atoms with Gasteiger partial charge in [-0.3, -0.25) is 0 Å². The summed E-state index contributed by atoms with van der Waals surface area (Å²) in [6, 6.07) is 18.4. The minimum atomic E-state index is 0. The summed E-state index contributed by atoms with van der Waals surface area (Å²) in [6.45, 7) is 0. The molecule has 0 aliphatic heterocycles. The molecule has 4 nitrogen and oxygen atoms in total. The van der Waals surface area contributed by atoms with Gasteiger partial charge in [-0.1, -0.05) is 36.4 Å². The maximum Gasteiger partial charge on any atom is 0.259 e. The second kappa shape index (κ2) is 11.1. The van der Waals surface area contributed by atoms with Crippen molar-refractivity contribution >= 4 is 34.8 Å². The molecule has 2 aromatic rings. The number of nitrogens with two attached hydrogens (primary N) is 2. The molecule has 21 heavy (non-hydrogen) atoms. The van der Waals surface area contributed by atoms with Crippen LogP contribution in [0.1, 0.15) is 0 Å². The summed E-state index contributed by atoms with van der Waals surface area (Å²) in [6.07, 6.45) is 0. The van der Waals surface area contributed by atoms with E-state index in [1.165, 1.54) is 0 Å². The van der Waals surface area contributed by atoms with Crippen molar-refractivity contribution in [3.05, 3.63) is 60.7 Å². The molecule has 0 aliphatic rings. The van der Waals surface area contributed by atoms with Crippen LogP contribution in [-0.2, 0) is 19.5 Å². The van der Waals surface area contributed by atoms with Crippen molar-refractivity contribution in [2.75, 3.05) is 0 Å². The van der Waals surface area contributed by atoms with Gasteiger partial charge in [-0.2, -0.15) is 0 Å². The third-order valence-electron chi connectivity index (χ3n) is 1.92. The second-order valence-electron chi connectivity index (χ2n) is 3.47. The quantitative estimate of drug-likeness (QED) is 0.624. The van der Waals surface area contributed by atoms with Crippen molar-refractivity contribution in [2.45, 2.75) is 0 Å². The molecule has 0 unspecified atom stereocenters. The molecular formula is C14H14N2O2S2Zn. The molecule has 7 heteroatoms. The maximum absolute atomic E-state index is 5.13. The monoisotopic (exact) mass is 370 g/mol. The van der Waals surface area contributed by atoms with Crippen LogP contribution in [0.15, 0.2) is 60.7 Å². The van der Waals surface area contributed by atoms with E-state index >= 15 is 0 Å². The van der Waals surface area contributed by atoms with Gasteiger partial charge >= 0.3 is 0 Å². The van der Waals surface area contributed by atoms with Crippen LogP contribution in [0.4, 0.5) is 0 Å². The number of hydrogen-bond acceptors (Lipinski definition) is 4. The van der Waals surface area contributed by atoms with Crippen LogP contribution >= 0.6 is 24.4 Å². The predicted octanol–water partition coefficient (Wildman–Crippen LogP) is 2.62. The van der Waals surface area contributed by atoms with E-state index in [4.69, 9.17) is 20.9 Å². The first kappa shape index (κ1) is 19.4. The molecule has 0 aliphatic carbocycles. The third kappa shape index (κ3) is 9.90. The number of ether oxygens (including phenoxy) is 2. The molecule has 106 valence electrons. The number of rotatable bonds is 2. The Kier molecular flexibility index (Phi) is 10.3. The summed E-state index contributed by atoms with van der Waals surface area (Å²) < 4.78 is 9.85. The van der Waals surface area contributed by atoms with Gasteiger partial charge in [0.1, 0.15) is 11.5 Å². The number of thiocarbonyl (C=S) groups is 2. The van der Waals surface area contributed by atoms with Gasteiger partial charge in [0.25, 0.3) is 10.3 Å². The van der Waals surface area contributed by atoms with Crippen LogP contribution in [0.2, 0.25) is 0 Å². The summed E-state index contributed by atoms with van der Waals surface area (Å²) >= 11 is 9.07. The standard InChI is InChI=1S/2C7H7NOS.Zn/c2*8-7(10)9-6-4-2-1-3-5-6;/h2*1-5H,(H2,8,10);. The maximum atomic E-state index is 5.13. The normalized spacial score (nSPS) is 8.38. The predicted molar refractivity (Wildman–Crippen MR) is 87.7 cm³/mol. The van der Waals surface area contributed by atoms with Crippen molar-refractivity contribution in [3.63, 3.8) is 0 Å². The first-order chi connectivity index (χ1) is 9.58. The van der Waals surface area contributed by atoms with Crippen molar-refractivity contribution in [1.29, 1.82) is 0 Å². The summed E-state index contributed by atoms with van der Waals surface area (Å²) in [5.74, 6) is 1.35. The average Bonchev–Trinajstić information content (AvgIpc) is 2.40. The summed E-state index contributed by atoms with van der Waals surface area (Å²) in [4.78, 5) is 0. The minimum absolute atomic E-state index is 0. The molecule has 0 saturated heterocycles. The van der Waals surface area contributed by atoms with Crippen molar-refractivity contribution in [2.24, 2.45) is 11.5 Å². The van der Waals surface area contributed by atoms with Gasteiger partial charge in [0.2, 0.25) is 0 Å². The van der Waals surface area contributed by atoms with Crippen LogP contribution in [0.25, 0.3) is 0 Å². The number of benzene rings is 2. The number of hydrogen-bond donors (Lipinski definition) is 2. The van der Waals surface area contributed by atoms with Gasteiger partial charge in [-0.15, -0.1) is 0 Å². The Labute approximate surface area is 147 Å². The molecule has 4 N–H and O–H groups in total. The number of para-hydroxylation sites is 2. The smallest absolute Gasteiger partial charge is 0.259 e. The van der Waals surface area contributed by atoms with Gasteiger partial charge in [0.15, 0.2) is 0 Å². The molecule has 0 amide bonds. The van der Waals surface area contributed by atoms with E-state index in [2.05, 4.69) is 24.4 Å². The van der Waals surface area contributed by atoms with E-state index < -0.39 is 0 Å². The fraction of sp³-hybridized carbons (Fsp3) is 0. The van der Waals surface area contributed by atoms with Crippen LogP contribution in [-0.4, -0.2) is 10.3 Å². The van der Waals surface area contributed by atoms with E-state index in [9.17, 15) is 0 Å². The Morgan fingerprint density at radius 3 is 1.19 bits per heavy atom. The Morgan fingerprint density at radius 1 is 0.667 bits per heavy atom. The zero-order valence-corrected chi connectivity index (χ0v) is 15.9. The molecule has 0 aromatic heterocycles. The fourth-order valence-electron chi connectivity index (χ4n) is 1.21. The summed E-state index contributed by atoms with van der Waals surface area (Å²) in [5, 5.41) is 0.0948. The SMILES string of the molecule is NC(=S)Oc1ccccc1.NC(=S)Oc1ccccc1.[Zn]. The minimum Gasteiger partial charge on any atom is -0.432 e. The van der Waals surface area contributed by atoms with Gasteiger partial charge < -0.3 is 20.9 Å². The summed E-state index contributed by atoms with van der Waals surface area (Å²) in [5.41, 5.74) is 10.3. The van der Waals surface area contributed by atoms with Crippen LogP contribution < -0.4 is 20.9 Å². The van der Waals surface area contributed by atoms with E-state index in [0.717, 1.165) is 0 Å². The van der Waals surface area contributed by atoms with Gasteiger partial charge in [-0.05, 0) is 48.7 Å². The topological polar surface area (TPSA) is 70.5 Å². The molecule has 0 saturated carbocycles. The zero-order valence-electron chi connectivity index (χ0n) is 11.3. The Morgan fingerprint density at radius 2 is 0.952 bits per heavy atom. The van der Waals surface area contributed by atoms with E-state index in [0.29, 0.717) is 11.5 Å². The Hall–Kier alpha value is -1.56. The van der Waals surface area contributed by atoms with Crippen molar-refractivity contribution in [1.82, 2.24) is 0 Å². The second-order valence-corrected chi connectivity index (χ2v) is 4.27. The first-order valence-electron chi connectivity index (χ1n) is 5.62. The van der Waals surface area contributed by atoms with Gasteiger partial charge in [0, 0.05) is 19.5 Å². The van der Waals surface area contributed by atoms with Crippen LogP contribution in [0.3, 0.4) is 0 Å². The molecule has 0 fully saturated rings. The van der Waals surface area contributed by atoms with Crippen LogP contribution in [0.5, 0.6) is 11.5 Å². The third-order valence-corrected chi connectivity index (χ3v) is 2.09. The van der Waals surface area contributed by atoms with Crippen molar-refractivity contribution in [3.8, 4) is 11.5 Å². The Balaban J connectivity index is 0.000000364. The van der Waals surface area contributed by atoms with E-state index in [-0.39, 0.29) is 29.8 Å². The average molecular weight is 372 g/mol. The van der Waals surface area contributed by atoms with Crippen LogP contribution in [0, 0.1) is 0 Å². The first-order valence-corrected chi connectivity index (χ1v) is 6.44. The molecular weight excluding hydrogens is 358 g/mol. The Bertz CT molecular complexity index is 502. The van der Waals surface area contributed by atoms with Crippen molar-refractivity contribution < 1.29 is 29.0 Å². The van der Waals surface area contributed by atoms with E-state index in [1.807, 2.05) is 36.4 Å². The largest absolute Gasteiger partial charge is 0.432 e. The summed E-state index contributed by atoms with van der Waals surface area (Å²) in [7, 11) is 0. The van der Waals surface area contributed by atoms with E-state index in [1.54, 1.807) is 24.3 Å². The fourth-order valence-corrected chi connectivity index (χ4v) is 1.40. The molecule has 0 spiro atoms. The molecule has 0 bridgehead atoms.